The van der Waals surface area contributed by atoms with E-state index in [9.17, 15) is 4.79 Å². The minimum Gasteiger partial charge on any atom is -0.381 e. The summed E-state index contributed by atoms with van der Waals surface area (Å²) in [5, 5.41) is 5.91. The average molecular weight is 262 g/mol. The molecular weight excluding hydrogens is 228 g/mol. The topological polar surface area (TPSA) is 50.4 Å². The van der Waals surface area contributed by atoms with Crippen molar-refractivity contribution < 1.29 is 9.53 Å². The number of hydrogen-bond acceptors (Lipinski definition) is 3. The Balaban J connectivity index is -0.000000506. The fourth-order valence-electron chi connectivity index (χ4n) is 1.00. The molecule has 0 fully saturated rings. The van der Waals surface area contributed by atoms with Gasteiger partial charge in [-0.15, -0.1) is 0 Å². The molecule has 0 atom stereocenters. The molecule has 18 heavy (non-hydrogen) atoms. The molecule has 1 amide bonds. The van der Waals surface area contributed by atoms with E-state index >= 15 is 0 Å². The van der Waals surface area contributed by atoms with Gasteiger partial charge in [-0.3, -0.25) is 4.79 Å². The lowest BCUT2D eigenvalue weighted by Gasteiger charge is -2.07. The van der Waals surface area contributed by atoms with Crippen molar-refractivity contribution in [1.82, 2.24) is 10.6 Å². The Labute approximate surface area is 114 Å². The molecule has 0 spiro atoms. The average Bonchev–Trinajstić information content (AvgIpc) is 2.41. The van der Waals surface area contributed by atoms with Crippen molar-refractivity contribution >= 4 is 6.41 Å². The molecule has 4 heteroatoms. The van der Waals surface area contributed by atoms with Crippen LogP contribution in [-0.4, -0.2) is 38.8 Å². The van der Waals surface area contributed by atoms with Crippen molar-refractivity contribution in [1.29, 1.82) is 0 Å². The zero-order chi connectivity index (χ0) is 14.6. The highest BCUT2D eigenvalue weighted by atomic mass is 16.5. The van der Waals surface area contributed by atoms with E-state index in [1.807, 2.05) is 27.7 Å². The lowest BCUT2D eigenvalue weighted by Crippen LogP contribution is -2.24. The van der Waals surface area contributed by atoms with Crippen molar-refractivity contribution in [2.24, 2.45) is 0 Å². The molecule has 4 nitrogen and oxygen atoms in total. The number of ether oxygens (including phenoxy) is 1. The third kappa shape index (κ3) is 29.5. The maximum Gasteiger partial charge on any atom is 0.207 e. The van der Waals surface area contributed by atoms with E-state index in [0.717, 1.165) is 32.6 Å². The maximum atomic E-state index is 9.88. The van der Waals surface area contributed by atoms with Crippen LogP contribution >= 0.6 is 0 Å². The van der Waals surface area contributed by atoms with Crippen LogP contribution in [0.1, 0.15) is 54.4 Å². The van der Waals surface area contributed by atoms with Crippen LogP contribution in [0.4, 0.5) is 0 Å². The van der Waals surface area contributed by atoms with Gasteiger partial charge in [0.2, 0.25) is 6.41 Å². The number of carbonyl (C=O) groups excluding carboxylic acids is 1. The summed E-state index contributed by atoms with van der Waals surface area (Å²) < 4.78 is 5.37. The maximum absolute atomic E-state index is 9.88. The Morgan fingerprint density at radius 3 is 1.94 bits per heavy atom. The van der Waals surface area contributed by atoms with Crippen LogP contribution in [0.3, 0.4) is 0 Å². The largest absolute Gasteiger partial charge is 0.381 e. The van der Waals surface area contributed by atoms with E-state index in [4.69, 9.17) is 4.74 Å². The SMILES string of the molecule is CC.CC.CC(C)NCCCOCCCNC=O. The molecular formula is C14H34N2O2. The second kappa shape index (κ2) is 25.3. The molecule has 0 aromatic carbocycles. The minimum absolute atomic E-state index is 0.548. The molecule has 0 aliphatic heterocycles. The van der Waals surface area contributed by atoms with E-state index in [1.165, 1.54) is 0 Å². The van der Waals surface area contributed by atoms with Crippen LogP contribution in [-0.2, 0) is 9.53 Å². The summed E-state index contributed by atoms with van der Waals surface area (Å²) in [7, 11) is 0. The third-order valence-corrected chi connectivity index (χ3v) is 1.71. The zero-order valence-electron chi connectivity index (χ0n) is 13.2. The molecule has 0 heterocycles. The fraction of sp³-hybridized carbons (Fsp3) is 0.929. The van der Waals surface area contributed by atoms with Gasteiger partial charge in [-0.25, -0.2) is 0 Å². The van der Waals surface area contributed by atoms with E-state index in [1.54, 1.807) is 0 Å². The highest BCUT2D eigenvalue weighted by Gasteiger charge is 1.92. The van der Waals surface area contributed by atoms with Gasteiger partial charge in [-0.1, -0.05) is 41.5 Å². The van der Waals surface area contributed by atoms with Crippen molar-refractivity contribution in [3.63, 3.8) is 0 Å². The number of hydrogen-bond donors (Lipinski definition) is 2. The van der Waals surface area contributed by atoms with E-state index in [0.29, 0.717) is 19.0 Å². The second-order valence-corrected chi connectivity index (χ2v) is 3.50. The highest BCUT2D eigenvalue weighted by Crippen LogP contribution is 1.85. The number of carbonyl (C=O) groups is 1. The number of amides is 1. The number of nitrogens with one attached hydrogen (secondary N) is 2. The minimum atomic E-state index is 0.548. The molecule has 0 aromatic rings. The van der Waals surface area contributed by atoms with E-state index in [-0.39, 0.29) is 0 Å². The summed E-state index contributed by atoms with van der Waals surface area (Å²) in [6.45, 7) is 15.5. The molecule has 112 valence electrons. The van der Waals surface area contributed by atoms with Gasteiger partial charge in [-0.2, -0.15) is 0 Å². The van der Waals surface area contributed by atoms with Gasteiger partial charge in [0, 0.05) is 25.8 Å². The van der Waals surface area contributed by atoms with Gasteiger partial charge in [0.1, 0.15) is 0 Å². The molecule has 0 aliphatic rings. The van der Waals surface area contributed by atoms with Gasteiger partial charge >= 0.3 is 0 Å². The molecule has 0 aliphatic carbocycles. The summed E-state index contributed by atoms with van der Waals surface area (Å²) in [4.78, 5) is 9.88. The van der Waals surface area contributed by atoms with Gasteiger partial charge in [0.15, 0.2) is 0 Å². The Kier molecular flexibility index (Phi) is 31.7. The molecule has 0 bridgehead atoms. The van der Waals surface area contributed by atoms with Gasteiger partial charge in [0.05, 0.1) is 0 Å². The first-order valence-electron chi connectivity index (χ1n) is 7.25. The third-order valence-electron chi connectivity index (χ3n) is 1.71. The Hall–Kier alpha value is -0.610. The van der Waals surface area contributed by atoms with Crippen molar-refractivity contribution in [2.45, 2.75) is 60.4 Å². The standard InChI is InChI=1S/C10H22N2O2.2C2H6/c1-10(2)12-6-4-8-14-7-3-5-11-9-13;2*1-2/h9-10,12H,3-8H2,1-2H3,(H,11,13);2*1-2H3. The summed E-state index contributed by atoms with van der Waals surface area (Å²) in [6, 6.07) is 0.548. The van der Waals surface area contributed by atoms with Crippen molar-refractivity contribution in [2.75, 3.05) is 26.3 Å². The molecule has 0 unspecified atom stereocenters. The highest BCUT2D eigenvalue weighted by molar-refractivity contribution is 5.45. The Morgan fingerprint density at radius 1 is 1.00 bits per heavy atom. The van der Waals surface area contributed by atoms with Crippen LogP contribution in [0, 0.1) is 0 Å². The summed E-state index contributed by atoms with van der Waals surface area (Å²) in [5.41, 5.74) is 0. The van der Waals surface area contributed by atoms with Crippen LogP contribution in [0.25, 0.3) is 0 Å². The molecule has 0 saturated carbocycles. The summed E-state index contributed by atoms with van der Waals surface area (Å²) in [5.74, 6) is 0. The molecule has 0 radical (unpaired) electrons. The van der Waals surface area contributed by atoms with Crippen molar-refractivity contribution in [3.05, 3.63) is 0 Å². The quantitative estimate of drug-likeness (QED) is 0.470. The van der Waals surface area contributed by atoms with Gasteiger partial charge in [-0.05, 0) is 19.4 Å². The normalized spacial score (nSPS) is 8.83. The fourth-order valence-corrected chi connectivity index (χ4v) is 1.00. The predicted molar refractivity (Wildman–Crippen MR) is 80.0 cm³/mol. The number of rotatable bonds is 10. The summed E-state index contributed by atoms with van der Waals surface area (Å²) in [6.07, 6.45) is 2.64. The van der Waals surface area contributed by atoms with E-state index < -0.39 is 0 Å². The van der Waals surface area contributed by atoms with Crippen molar-refractivity contribution in [3.8, 4) is 0 Å². The van der Waals surface area contributed by atoms with Crippen LogP contribution in [0.15, 0.2) is 0 Å². The predicted octanol–water partition coefficient (Wildman–Crippen LogP) is 2.58. The van der Waals surface area contributed by atoms with Crippen LogP contribution in [0.5, 0.6) is 0 Å². The summed E-state index contributed by atoms with van der Waals surface area (Å²) >= 11 is 0. The first-order chi connectivity index (χ1) is 8.77. The lowest BCUT2D eigenvalue weighted by atomic mass is 10.3. The molecule has 0 rings (SSSR count). The smallest absolute Gasteiger partial charge is 0.207 e. The lowest BCUT2D eigenvalue weighted by molar-refractivity contribution is -0.109. The first kappa shape index (κ1) is 22.6. The van der Waals surface area contributed by atoms with Crippen LogP contribution < -0.4 is 10.6 Å². The van der Waals surface area contributed by atoms with Crippen LogP contribution in [0.2, 0.25) is 0 Å². The Bertz CT molecular complexity index is 131. The monoisotopic (exact) mass is 262 g/mol. The van der Waals surface area contributed by atoms with Gasteiger partial charge in [0.25, 0.3) is 0 Å². The molecule has 0 aromatic heterocycles. The molecule has 0 saturated heterocycles. The zero-order valence-corrected chi connectivity index (χ0v) is 13.2. The molecule has 2 N–H and O–H groups in total. The van der Waals surface area contributed by atoms with E-state index in [2.05, 4.69) is 24.5 Å². The second-order valence-electron chi connectivity index (χ2n) is 3.50. The first-order valence-corrected chi connectivity index (χ1v) is 7.25. The van der Waals surface area contributed by atoms with Gasteiger partial charge < -0.3 is 15.4 Å². The Morgan fingerprint density at radius 2 is 1.50 bits per heavy atom.